The molecule has 0 aromatic heterocycles. The molecule has 1 amide bonds. The Morgan fingerprint density at radius 1 is 1.39 bits per heavy atom. The van der Waals surface area contributed by atoms with Crippen LogP contribution in [0.1, 0.15) is 57.6 Å². The van der Waals surface area contributed by atoms with Crippen LogP contribution in [0.2, 0.25) is 5.02 Å². The standard InChI is InChI=1S/C24H29ClIN3O2/c1-5-10-29-21-12-19(25)17(11-18(21)16(2)13-24(29,3)4)14-27-28-23(30)15-31-22-9-7-6-8-20(22)26/h6-9,11-12,14,16H,5,10,13,15H2,1-4H3,(H,28,30)/b27-14+. The summed E-state index contributed by atoms with van der Waals surface area (Å²) in [5.41, 5.74) is 5.87. The third kappa shape index (κ3) is 5.71. The van der Waals surface area contributed by atoms with Crippen LogP contribution in [-0.2, 0) is 4.79 Å². The van der Waals surface area contributed by atoms with E-state index in [1.54, 1.807) is 6.21 Å². The number of carbonyl (C=O) groups excluding carboxylic acids is 1. The minimum absolute atomic E-state index is 0.0892. The van der Waals surface area contributed by atoms with E-state index in [0.717, 1.165) is 28.5 Å². The largest absolute Gasteiger partial charge is 0.483 e. The van der Waals surface area contributed by atoms with Gasteiger partial charge < -0.3 is 9.64 Å². The van der Waals surface area contributed by atoms with E-state index in [4.69, 9.17) is 16.3 Å². The highest BCUT2D eigenvalue weighted by molar-refractivity contribution is 14.1. The van der Waals surface area contributed by atoms with Gasteiger partial charge >= 0.3 is 0 Å². The Balaban J connectivity index is 1.70. The van der Waals surface area contributed by atoms with Crippen LogP contribution in [0.5, 0.6) is 5.75 Å². The highest BCUT2D eigenvalue weighted by Gasteiger charge is 2.36. The van der Waals surface area contributed by atoms with E-state index < -0.39 is 0 Å². The highest BCUT2D eigenvalue weighted by atomic mass is 127. The van der Waals surface area contributed by atoms with E-state index in [9.17, 15) is 4.79 Å². The van der Waals surface area contributed by atoms with Gasteiger partial charge in [-0.15, -0.1) is 0 Å². The summed E-state index contributed by atoms with van der Waals surface area (Å²) in [6.07, 6.45) is 3.75. The first kappa shape index (κ1) is 23.9. The van der Waals surface area contributed by atoms with Crippen LogP contribution < -0.4 is 15.1 Å². The number of hydrogen-bond donors (Lipinski definition) is 1. The molecule has 0 bridgehead atoms. The third-order valence-corrected chi connectivity index (χ3v) is 6.76. The number of fused-ring (bicyclic) bond motifs is 1. The number of anilines is 1. The van der Waals surface area contributed by atoms with Crippen LogP contribution in [0.3, 0.4) is 0 Å². The smallest absolute Gasteiger partial charge is 0.277 e. The number of amides is 1. The van der Waals surface area contributed by atoms with E-state index in [0.29, 0.717) is 16.7 Å². The lowest BCUT2D eigenvalue weighted by molar-refractivity contribution is -0.123. The van der Waals surface area contributed by atoms with Gasteiger partial charge in [-0.2, -0.15) is 5.10 Å². The Morgan fingerprint density at radius 3 is 2.84 bits per heavy atom. The fourth-order valence-electron chi connectivity index (χ4n) is 4.18. The molecule has 5 nitrogen and oxygen atoms in total. The first-order valence-corrected chi connectivity index (χ1v) is 12.0. The summed E-state index contributed by atoms with van der Waals surface area (Å²) in [5.74, 6) is 0.765. The van der Waals surface area contributed by atoms with Gasteiger partial charge in [0.1, 0.15) is 5.75 Å². The van der Waals surface area contributed by atoms with E-state index in [-0.39, 0.29) is 18.1 Å². The molecule has 7 heteroatoms. The van der Waals surface area contributed by atoms with Crippen LogP contribution in [0, 0.1) is 3.57 Å². The molecule has 3 rings (SSSR count). The number of hydrogen-bond acceptors (Lipinski definition) is 4. The molecule has 0 saturated carbocycles. The summed E-state index contributed by atoms with van der Waals surface area (Å²) in [6.45, 7) is 9.92. The first-order chi connectivity index (χ1) is 14.7. The maximum absolute atomic E-state index is 12.1. The Hall–Kier alpha value is -1.80. The minimum atomic E-state index is -0.325. The van der Waals surface area contributed by atoms with Crippen LogP contribution >= 0.6 is 34.2 Å². The van der Waals surface area contributed by atoms with Gasteiger partial charge in [-0.25, -0.2) is 5.43 Å². The van der Waals surface area contributed by atoms with Gasteiger partial charge in [-0.3, -0.25) is 4.79 Å². The zero-order chi connectivity index (χ0) is 22.6. The topological polar surface area (TPSA) is 53.9 Å². The molecule has 1 unspecified atom stereocenters. The zero-order valence-electron chi connectivity index (χ0n) is 18.4. The molecule has 2 aromatic rings. The number of nitrogens with zero attached hydrogens (tertiary/aromatic N) is 2. The second-order valence-corrected chi connectivity index (χ2v) is 10.1. The highest BCUT2D eigenvalue weighted by Crippen LogP contribution is 2.45. The lowest BCUT2D eigenvalue weighted by Crippen LogP contribution is -2.48. The number of carbonyl (C=O) groups is 1. The molecule has 0 saturated heterocycles. The Morgan fingerprint density at radius 2 is 2.13 bits per heavy atom. The fourth-order valence-corrected chi connectivity index (χ4v) is 4.93. The zero-order valence-corrected chi connectivity index (χ0v) is 21.3. The maximum atomic E-state index is 12.1. The predicted molar refractivity (Wildman–Crippen MR) is 137 cm³/mol. The second kappa shape index (κ2) is 10.2. The molecule has 1 heterocycles. The molecule has 1 aliphatic rings. The van der Waals surface area contributed by atoms with E-state index in [1.165, 1.54) is 11.3 Å². The van der Waals surface area contributed by atoms with Gasteiger partial charge in [-0.05, 0) is 85.0 Å². The maximum Gasteiger partial charge on any atom is 0.277 e. The molecular weight excluding hydrogens is 525 g/mol. The SMILES string of the molecule is CCCN1c2cc(Cl)c(/C=N/NC(=O)COc3ccccc3I)cc2C(C)CC1(C)C. The summed E-state index contributed by atoms with van der Waals surface area (Å²) in [7, 11) is 0. The fraction of sp³-hybridized carbons (Fsp3) is 0.417. The number of para-hydroxylation sites is 1. The van der Waals surface area contributed by atoms with Gasteiger partial charge in [-0.1, -0.05) is 37.6 Å². The Labute approximate surface area is 203 Å². The first-order valence-electron chi connectivity index (χ1n) is 10.5. The van der Waals surface area contributed by atoms with Gasteiger partial charge in [0.05, 0.1) is 14.8 Å². The number of hydrazone groups is 1. The van der Waals surface area contributed by atoms with Gasteiger partial charge in [0.2, 0.25) is 0 Å². The molecule has 1 N–H and O–H groups in total. The molecule has 0 fully saturated rings. The summed E-state index contributed by atoms with van der Waals surface area (Å²) < 4.78 is 6.49. The molecular formula is C24H29ClIN3O2. The van der Waals surface area contributed by atoms with E-state index >= 15 is 0 Å². The predicted octanol–water partition coefficient (Wildman–Crippen LogP) is 5.98. The molecule has 1 atom stereocenters. The Kier molecular flexibility index (Phi) is 7.86. The second-order valence-electron chi connectivity index (χ2n) is 8.51. The van der Waals surface area contributed by atoms with Crippen molar-refractivity contribution in [3.05, 3.63) is 56.1 Å². The quantitative estimate of drug-likeness (QED) is 0.261. The number of benzene rings is 2. The molecule has 2 aromatic carbocycles. The number of rotatable bonds is 7. The third-order valence-electron chi connectivity index (χ3n) is 5.54. The minimum Gasteiger partial charge on any atom is -0.483 e. The Bertz CT molecular complexity index is 977. The van der Waals surface area contributed by atoms with Crippen molar-refractivity contribution >= 4 is 52.0 Å². The van der Waals surface area contributed by atoms with Gasteiger partial charge in [0.25, 0.3) is 5.91 Å². The molecule has 1 aliphatic heterocycles. The normalized spacial score (nSPS) is 17.5. The van der Waals surface area contributed by atoms with Gasteiger partial charge in [0, 0.05) is 23.3 Å². The van der Waals surface area contributed by atoms with Crippen molar-refractivity contribution in [1.29, 1.82) is 0 Å². The van der Waals surface area contributed by atoms with Crippen molar-refractivity contribution in [3.8, 4) is 5.75 Å². The van der Waals surface area contributed by atoms with Crippen LogP contribution in [0.25, 0.3) is 0 Å². The van der Waals surface area contributed by atoms with Crippen molar-refractivity contribution in [1.82, 2.24) is 5.43 Å². The van der Waals surface area contributed by atoms with Crippen LogP contribution in [-0.4, -0.2) is 30.8 Å². The number of nitrogens with one attached hydrogen (secondary N) is 1. The summed E-state index contributed by atoms with van der Waals surface area (Å²) in [4.78, 5) is 14.5. The van der Waals surface area contributed by atoms with Gasteiger partial charge in [0.15, 0.2) is 6.61 Å². The lowest BCUT2D eigenvalue weighted by Gasteiger charge is -2.47. The lowest BCUT2D eigenvalue weighted by atomic mass is 9.79. The molecule has 31 heavy (non-hydrogen) atoms. The van der Waals surface area contributed by atoms with Crippen LogP contribution in [0.4, 0.5) is 5.69 Å². The molecule has 0 spiro atoms. The summed E-state index contributed by atoms with van der Waals surface area (Å²) in [6, 6.07) is 11.7. The molecule has 0 radical (unpaired) electrons. The van der Waals surface area contributed by atoms with Crippen molar-refractivity contribution in [2.24, 2.45) is 5.10 Å². The van der Waals surface area contributed by atoms with E-state index in [1.807, 2.05) is 30.3 Å². The van der Waals surface area contributed by atoms with Crippen molar-refractivity contribution in [3.63, 3.8) is 0 Å². The van der Waals surface area contributed by atoms with Crippen molar-refractivity contribution in [2.45, 2.75) is 52.0 Å². The summed E-state index contributed by atoms with van der Waals surface area (Å²) >= 11 is 8.76. The average molecular weight is 554 g/mol. The summed E-state index contributed by atoms with van der Waals surface area (Å²) in [5, 5.41) is 4.71. The number of ether oxygens (including phenoxy) is 1. The molecule has 166 valence electrons. The monoisotopic (exact) mass is 553 g/mol. The molecule has 0 aliphatic carbocycles. The van der Waals surface area contributed by atoms with E-state index in [2.05, 4.69) is 71.8 Å². The van der Waals surface area contributed by atoms with Crippen molar-refractivity contribution in [2.75, 3.05) is 18.1 Å². The number of halogens is 2. The van der Waals surface area contributed by atoms with Crippen LogP contribution in [0.15, 0.2) is 41.5 Å². The van der Waals surface area contributed by atoms with Crippen molar-refractivity contribution < 1.29 is 9.53 Å². The average Bonchev–Trinajstić information content (AvgIpc) is 2.71.